The zero-order valence-electron chi connectivity index (χ0n) is 14.5. The van der Waals surface area contributed by atoms with Crippen molar-refractivity contribution in [3.8, 4) is 0 Å². The van der Waals surface area contributed by atoms with Crippen LogP contribution in [-0.2, 0) is 17.2 Å². The maximum Gasteiger partial charge on any atom is -0.358 e. The Labute approximate surface area is 158 Å². The first-order chi connectivity index (χ1) is 10.4. The summed E-state index contributed by atoms with van der Waals surface area (Å²) in [7, 11) is -0.0465. The Hall–Kier alpha value is 1.57. The van der Waals surface area contributed by atoms with E-state index in [-0.39, 0.29) is 15.3 Å². The van der Waals surface area contributed by atoms with Gasteiger partial charge < -0.3 is 7.43 Å². The Kier molecular flexibility index (Phi) is 12.6. The quantitative estimate of drug-likeness (QED) is 0.222. The minimum Gasteiger partial charge on any atom is -0.358 e. The van der Waals surface area contributed by atoms with E-state index in [1.54, 1.807) is 96.3 Å². The predicted molar refractivity (Wildman–Crippen MR) is 104 cm³/mol. The van der Waals surface area contributed by atoms with E-state index in [2.05, 4.69) is 30.6 Å². The van der Waals surface area contributed by atoms with Crippen molar-refractivity contribution in [2.24, 2.45) is 0 Å². The van der Waals surface area contributed by atoms with Gasteiger partial charge in [-0.1, -0.05) is 19.3 Å². The SMILES string of the molecule is C1CCC([PH+](C2CCCCC2)C2CCCCC2)CC1.[Br][Pd+].[CH3-]. The third kappa shape index (κ3) is 6.47. The summed E-state index contributed by atoms with van der Waals surface area (Å²) in [5.41, 5.74) is 3.68. The van der Waals surface area contributed by atoms with E-state index < -0.39 is 0 Å². The molecular formula is C19H37BrPPd+. The van der Waals surface area contributed by atoms with Gasteiger partial charge in [-0.25, -0.2) is 0 Å². The molecule has 0 radical (unpaired) electrons. The average Bonchev–Trinajstić information content (AvgIpc) is 2.60. The Morgan fingerprint density at radius 1 is 0.500 bits per heavy atom. The molecule has 0 nitrogen and oxygen atoms in total. The standard InChI is InChI=1S/C18H33P.CH3.BrH.Pd/c1-4-10-16(11-5-1)19(17-12-6-2-7-13-17)18-14-8-3-9-15-18;;;/h16-18H,1-15H2;1H3;1H;/q;-1;;+2. The normalized spacial score (nSPS) is 25.3. The summed E-state index contributed by atoms with van der Waals surface area (Å²) in [6.45, 7) is 0. The maximum absolute atomic E-state index is 2.79. The van der Waals surface area contributed by atoms with Crippen molar-refractivity contribution in [1.82, 2.24) is 0 Å². The molecule has 3 aliphatic rings. The van der Waals surface area contributed by atoms with E-state index in [0.717, 1.165) is 0 Å². The molecular weight excluding hydrogens is 446 g/mol. The fourth-order valence-electron chi connectivity index (χ4n) is 5.31. The van der Waals surface area contributed by atoms with Crippen molar-refractivity contribution in [1.29, 1.82) is 0 Å². The summed E-state index contributed by atoms with van der Waals surface area (Å²) in [5.74, 6) is 0. The molecule has 0 atom stereocenters. The van der Waals surface area contributed by atoms with Crippen molar-refractivity contribution in [3.05, 3.63) is 7.43 Å². The predicted octanol–water partition coefficient (Wildman–Crippen LogP) is 7.49. The molecule has 0 aliphatic heterocycles. The number of hydrogen-bond donors (Lipinski definition) is 0. The van der Waals surface area contributed by atoms with Gasteiger partial charge in [-0.15, -0.1) is 0 Å². The molecule has 0 aromatic carbocycles. The van der Waals surface area contributed by atoms with Crippen LogP contribution in [0.1, 0.15) is 96.3 Å². The molecule has 3 heteroatoms. The average molecular weight is 483 g/mol. The molecule has 0 spiro atoms. The zero-order chi connectivity index (χ0) is 14.9. The van der Waals surface area contributed by atoms with Crippen molar-refractivity contribution < 1.29 is 17.2 Å². The monoisotopic (exact) mass is 481 g/mol. The molecule has 0 saturated heterocycles. The molecule has 3 rings (SSSR count). The Balaban J connectivity index is 0.000000775. The fraction of sp³-hybridized carbons (Fsp3) is 0.947. The smallest absolute Gasteiger partial charge is 0.358 e. The van der Waals surface area contributed by atoms with Gasteiger partial charge in [-0.3, -0.25) is 0 Å². The van der Waals surface area contributed by atoms with Crippen LogP contribution in [0.2, 0.25) is 0 Å². The molecule has 0 unspecified atom stereocenters. The first kappa shape index (κ1) is 21.6. The summed E-state index contributed by atoms with van der Waals surface area (Å²) >= 11 is 5.35. The van der Waals surface area contributed by atoms with Crippen LogP contribution in [0.5, 0.6) is 0 Å². The van der Waals surface area contributed by atoms with Crippen LogP contribution in [0.25, 0.3) is 0 Å². The molecule has 0 aromatic rings. The third-order valence-electron chi connectivity index (χ3n) is 6.23. The second-order valence-corrected chi connectivity index (χ2v) is 11.0. The van der Waals surface area contributed by atoms with Crippen LogP contribution in [0.15, 0.2) is 0 Å². The summed E-state index contributed by atoms with van der Waals surface area (Å²) in [6.07, 6.45) is 23.8. The number of halogens is 1. The van der Waals surface area contributed by atoms with Gasteiger partial charge in [-0.05, 0) is 77.0 Å². The molecule has 3 aliphatic carbocycles. The van der Waals surface area contributed by atoms with Crippen LogP contribution in [0.4, 0.5) is 0 Å². The van der Waals surface area contributed by atoms with E-state index in [4.69, 9.17) is 0 Å². The van der Waals surface area contributed by atoms with E-state index in [1.807, 2.05) is 0 Å². The second-order valence-electron chi connectivity index (χ2n) is 7.50. The Bertz CT molecular complexity index is 213. The Morgan fingerprint density at radius 2 is 0.727 bits per heavy atom. The van der Waals surface area contributed by atoms with E-state index in [9.17, 15) is 0 Å². The first-order valence-electron chi connectivity index (χ1n) is 9.44. The van der Waals surface area contributed by atoms with E-state index >= 15 is 0 Å². The molecule has 0 bridgehead atoms. The molecule has 22 heavy (non-hydrogen) atoms. The van der Waals surface area contributed by atoms with E-state index in [1.165, 1.54) is 17.0 Å². The molecule has 0 amide bonds. The van der Waals surface area contributed by atoms with Crippen LogP contribution in [-0.4, -0.2) is 17.0 Å². The van der Waals surface area contributed by atoms with Gasteiger partial charge in [0.2, 0.25) is 0 Å². The first-order valence-corrected chi connectivity index (χ1v) is 14.7. The topological polar surface area (TPSA) is 0 Å². The van der Waals surface area contributed by atoms with Crippen LogP contribution >= 0.6 is 21.4 Å². The molecule has 0 aromatic heterocycles. The molecule has 3 saturated carbocycles. The zero-order valence-corrected chi connectivity index (χ0v) is 18.7. The van der Waals surface area contributed by atoms with Crippen molar-refractivity contribution in [3.63, 3.8) is 0 Å². The molecule has 3 fully saturated rings. The largest absolute Gasteiger partial charge is 0.358 e. The van der Waals surface area contributed by atoms with E-state index in [0.29, 0.717) is 0 Å². The van der Waals surface area contributed by atoms with Crippen LogP contribution in [0.3, 0.4) is 0 Å². The minimum absolute atomic E-state index is 0. The second kappa shape index (κ2) is 12.9. The van der Waals surface area contributed by atoms with Crippen LogP contribution in [0, 0.1) is 7.43 Å². The molecule has 134 valence electrons. The van der Waals surface area contributed by atoms with Gasteiger partial charge in [0.05, 0.1) is 17.0 Å². The Morgan fingerprint density at radius 3 is 0.955 bits per heavy atom. The molecule has 0 N–H and O–H groups in total. The van der Waals surface area contributed by atoms with Gasteiger partial charge in [0.15, 0.2) is 0 Å². The van der Waals surface area contributed by atoms with Gasteiger partial charge in [0.25, 0.3) is 0 Å². The minimum atomic E-state index is -0.0465. The summed E-state index contributed by atoms with van der Waals surface area (Å²) < 4.78 is 0. The summed E-state index contributed by atoms with van der Waals surface area (Å²) in [5, 5.41) is 0. The summed E-state index contributed by atoms with van der Waals surface area (Å²) in [6, 6.07) is 0. The number of hydrogen-bond acceptors (Lipinski definition) is 0. The summed E-state index contributed by atoms with van der Waals surface area (Å²) in [4.78, 5) is 0. The molecule has 0 heterocycles. The fourth-order valence-corrected chi connectivity index (χ4v) is 10.5. The van der Waals surface area contributed by atoms with Gasteiger partial charge in [0, 0.05) is 7.92 Å². The third-order valence-corrected chi connectivity index (χ3v) is 10.8. The van der Waals surface area contributed by atoms with Crippen molar-refractivity contribution in [2.45, 2.75) is 113 Å². The maximum atomic E-state index is 2.79. The van der Waals surface area contributed by atoms with Gasteiger partial charge in [0.1, 0.15) is 0 Å². The van der Waals surface area contributed by atoms with Gasteiger partial charge in [-0.2, -0.15) is 0 Å². The van der Waals surface area contributed by atoms with Crippen molar-refractivity contribution in [2.75, 3.05) is 0 Å². The van der Waals surface area contributed by atoms with Gasteiger partial charge >= 0.3 is 30.6 Å². The number of rotatable bonds is 3. The van der Waals surface area contributed by atoms with Crippen LogP contribution < -0.4 is 0 Å². The van der Waals surface area contributed by atoms with Crippen molar-refractivity contribution >= 4 is 21.4 Å².